The van der Waals surface area contributed by atoms with Crippen LogP contribution < -0.4 is 14.8 Å². The predicted octanol–water partition coefficient (Wildman–Crippen LogP) is 0.957. The number of hydrogen-bond donors (Lipinski definition) is 2. The zero-order valence-electron chi connectivity index (χ0n) is 9.56. The normalized spacial score (nSPS) is 23.4. The van der Waals surface area contributed by atoms with E-state index in [9.17, 15) is 5.11 Å². The Kier molecular flexibility index (Phi) is 3.31. The van der Waals surface area contributed by atoms with E-state index in [4.69, 9.17) is 9.47 Å². The molecule has 0 aliphatic carbocycles. The summed E-state index contributed by atoms with van der Waals surface area (Å²) in [5.74, 6) is 1.62. The molecule has 0 saturated carbocycles. The van der Waals surface area contributed by atoms with Crippen molar-refractivity contribution in [1.29, 1.82) is 0 Å². The number of rotatable bonds is 3. The highest BCUT2D eigenvalue weighted by molar-refractivity contribution is 5.49. The van der Waals surface area contributed by atoms with Crippen LogP contribution in [0.25, 0.3) is 0 Å². The lowest BCUT2D eigenvalue weighted by Crippen LogP contribution is -2.35. The maximum atomic E-state index is 9.29. The molecule has 2 atom stereocenters. The lowest BCUT2D eigenvalue weighted by molar-refractivity contribution is 0.111. The lowest BCUT2D eigenvalue weighted by Gasteiger charge is -2.33. The van der Waals surface area contributed by atoms with Crippen LogP contribution in [0.5, 0.6) is 11.5 Å². The number of nitrogens with one attached hydrogen (secondary N) is 1. The van der Waals surface area contributed by atoms with Gasteiger partial charge in [0.2, 0.25) is 0 Å². The second-order valence-electron chi connectivity index (χ2n) is 3.90. The van der Waals surface area contributed by atoms with E-state index in [0.29, 0.717) is 6.61 Å². The predicted molar refractivity (Wildman–Crippen MR) is 60.9 cm³/mol. The van der Waals surface area contributed by atoms with Crippen LogP contribution in [0.4, 0.5) is 0 Å². The average molecular weight is 223 g/mol. The molecule has 88 valence electrons. The van der Waals surface area contributed by atoms with Crippen LogP contribution in [-0.4, -0.2) is 32.5 Å². The number of benzene rings is 1. The smallest absolute Gasteiger partial charge is 0.165 e. The third-order valence-electron chi connectivity index (χ3n) is 3.02. The summed E-state index contributed by atoms with van der Waals surface area (Å²) in [7, 11) is 3.52. The van der Waals surface area contributed by atoms with Crippen molar-refractivity contribution in [3.05, 3.63) is 23.8 Å². The van der Waals surface area contributed by atoms with Gasteiger partial charge in [0.25, 0.3) is 0 Å². The highest BCUT2D eigenvalue weighted by Gasteiger charge is 2.30. The second kappa shape index (κ2) is 4.72. The highest BCUT2D eigenvalue weighted by Crippen LogP contribution is 2.41. The summed E-state index contributed by atoms with van der Waals surface area (Å²) in [6.07, 6.45) is 0. The fourth-order valence-corrected chi connectivity index (χ4v) is 2.18. The third-order valence-corrected chi connectivity index (χ3v) is 3.02. The van der Waals surface area contributed by atoms with Crippen molar-refractivity contribution >= 4 is 0 Å². The topological polar surface area (TPSA) is 50.7 Å². The van der Waals surface area contributed by atoms with Gasteiger partial charge in [-0.2, -0.15) is 0 Å². The zero-order chi connectivity index (χ0) is 11.5. The number of ether oxygens (including phenoxy) is 2. The minimum atomic E-state index is 0.0876. The molecule has 2 rings (SSSR count). The van der Waals surface area contributed by atoms with Gasteiger partial charge in [-0.25, -0.2) is 0 Å². The first-order valence-corrected chi connectivity index (χ1v) is 5.39. The maximum Gasteiger partial charge on any atom is 0.165 e. The summed E-state index contributed by atoms with van der Waals surface area (Å²) in [5.41, 5.74) is 1.05. The molecule has 4 heteroatoms. The molecule has 0 spiro atoms. The summed E-state index contributed by atoms with van der Waals surface area (Å²) in [6, 6.07) is 5.93. The van der Waals surface area contributed by atoms with Gasteiger partial charge >= 0.3 is 0 Å². The molecule has 0 saturated heterocycles. The van der Waals surface area contributed by atoms with E-state index in [2.05, 4.69) is 5.32 Å². The van der Waals surface area contributed by atoms with E-state index >= 15 is 0 Å². The molecule has 1 aliphatic rings. The number of para-hydroxylation sites is 1. The van der Waals surface area contributed by atoms with E-state index in [-0.39, 0.29) is 18.6 Å². The van der Waals surface area contributed by atoms with Crippen molar-refractivity contribution in [2.45, 2.75) is 6.04 Å². The quantitative estimate of drug-likeness (QED) is 0.801. The first kappa shape index (κ1) is 11.2. The second-order valence-corrected chi connectivity index (χ2v) is 3.90. The van der Waals surface area contributed by atoms with Crippen molar-refractivity contribution in [3.63, 3.8) is 0 Å². The molecule has 16 heavy (non-hydrogen) atoms. The largest absolute Gasteiger partial charge is 0.493 e. The zero-order valence-corrected chi connectivity index (χ0v) is 9.56. The van der Waals surface area contributed by atoms with Gasteiger partial charge < -0.3 is 19.9 Å². The molecule has 2 N–H and O–H groups in total. The Labute approximate surface area is 95.2 Å². The van der Waals surface area contributed by atoms with Gasteiger partial charge in [-0.05, 0) is 13.1 Å². The number of fused-ring (bicyclic) bond motifs is 1. The SMILES string of the molecule is CN[C@H]1c2cccc(OC)c2OC[C@@H]1CO. The molecule has 0 amide bonds. The molecular weight excluding hydrogens is 206 g/mol. The Morgan fingerprint density at radius 2 is 2.38 bits per heavy atom. The van der Waals surface area contributed by atoms with Crippen molar-refractivity contribution in [2.75, 3.05) is 27.4 Å². The number of methoxy groups -OCH3 is 1. The van der Waals surface area contributed by atoms with Crippen molar-refractivity contribution < 1.29 is 14.6 Å². The van der Waals surface area contributed by atoms with Gasteiger partial charge in [-0.3, -0.25) is 0 Å². The van der Waals surface area contributed by atoms with E-state index in [1.165, 1.54) is 0 Å². The fraction of sp³-hybridized carbons (Fsp3) is 0.500. The van der Waals surface area contributed by atoms with Crippen molar-refractivity contribution in [2.24, 2.45) is 5.92 Å². The van der Waals surface area contributed by atoms with Crippen LogP contribution in [0.15, 0.2) is 18.2 Å². The minimum Gasteiger partial charge on any atom is -0.493 e. The summed E-state index contributed by atoms with van der Waals surface area (Å²) in [4.78, 5) is 0. The van der Waals surface area contributed by atoms with Crippen LogP contribution in [0, 0.1) is 5.92 Å². The first-order chi connectivity index (χ1) is 7.81. The molecule has 0 fully saturated rings. The molecule has 4 nitrogen and oxygen atoms in total. The summed E-state index contributed by atoms with van der Waals surface area (Å²) in [6.45, 7) is 0.623. The fourth-order valence-electron chi connectivity index (χ4n) is 2.18. The van der Waals surface area contributed by atoms with Crippen LogP contribution in [0.2, 0.25) is 0 Å². The third kappa shape index (κ3) is 1.74. The number of hydrogen-bond acceptors (Lipinski definition) is 4. The number of aliphatic hydroxyl groups is 1. The monoisotopic (exact) mass is 223 g/mol. The van der Waals surface area contributed by atoms with Gasteiger partial charge in [0.05, 0.1) is 20.3 Å². The first-order valence-electron chi connectivity index (χ1n) is 5.39. The molecular formula is C12H17NO3. The highest BCUT2D eigenvalue weighted by atomic mass is 16.5. The van der Waals surface area contributed by atoms with Gasteiger partial charge in [-0.15, -0.1) is 0 Å². The Morgan fingerprint density at radius 3 is 3.00 bits per heavy atom. The Balaban J connectivity index is 2.41. The lowest BCUT2D eigenvalue weighted by atomic mass is 9.91. The van der Waals surface area contributed by atoms with Crippen molar-refractivity contribution in [1.82, 2.24) is 5.32 Å². The molecule has 0 bridgehead atoms. The van der Waals surface area contributed by atoms with E-state index in [1.54, 1.807) is 7.11 Å². The summed E-state index contributed by atoms with van der Waals surface area (Å²) >= 11 is 0. The average Bonchev–Trinajstić information content (AvgIpc) is 2.36. The Morgan fingerprint density at radius 1 is 1.56 bits per heavy atom. The summed E-state index contributed by atoms with van der Waals surface area (Å²) < 4.78 is 10.9. The van der Waals surface area contributed by atoms with E-state index in [1.807, 2.05) is 25.2 Å². The molecule has 0 aromatic heterocycles. The molecule has 1 heterocycles. The molecule has 0 unspecified atom stereocenters. The maximum absolute atomic E-state index is 9.29. The van der Waals surface area contributed by atoms with Crippen LogP contribution >= 0.6 is 0 Å². The molecule has 1 aromatic rings. The van der Waals surface area contributed by atoms with Crippen LogP contribution in [-0.2, 0) is 0 Å². The van der Waals surface area contributed by atoms with Crippen molar-refractivity contribution in [3.8, 4) is 11.5 Å². The van der Waals surface area contributed by atoms with Gasteiger partial charge in [0.1, 0.15) is 0 Å². The minimum absolute atomic E-state index is 0.0876. The van der Waals surface area contributed by atoms with E-state index < -0.39 is 0 Å². The number of aliphatic hydroxyl groups excluding tert-OH is 1. The van der Waals surface area contributed by atoms with E-state index in [0.717, 1.165) is 17.1 Å². The van der Waals surface area contributed by atoms with Gasteiger partial charge in [0.15, 0.2) is 11.5 Å². The van der Waals surface area contributed by atoms with Gasteiger partial charge in [-0.1, -0.05) is 12.1 Å². The molecule has 0 radical (unpaired) electrons. The molecule has 1 aromatic carbocycles. The molecule has 1 aliphatic heterocycles. The Bertz CT molecular complexity index is 367. The van der Waals surface area contributed by atoms with Crippen LogP contribution in [0.1, 0.15) is 11.6 Å². The van der Waals surface area contributed by atoms with Gasteiger partial charge in [0, 0.05) is 17.5 Å². The Hall–Kier alpha value is -1.26. The summed E-state index contributed by atoms with van der Waals surface area (Å²) in [5, 5.41) is 12.5. The standard InChI is InChI=1S/C12H17NO3/c1-13-11-8(6-14)7-16-12-9(11)4-3-5-10(12)15-2/h3-5,8,11,13-14H,6-7H2,1-2H3/t8-,11+/m0/s1. The van der Waals surface area contributed by atoms with Crippen LogP contribution in [0.3, 0.4) is 0 Å².